The molecule has 0 saturated carbocycles. The highest BCUT2D eigenvalue weighted by molar-refractivity contribution is 7.99. The zero-order valence-corrected chi connectivity index (χ0v) is 8.50. The molecule has 1 aliphatic carbocycles. The number of aryl methyl sites for hydroxylation is 1. The minimum absolute atomic E-state index is 0.125. The van der Waals surface area contributed by atoms with Crippen LogP contribution in [0.3, 0.4) is 0 Å². The Bertz CT molecular complexity index is 303. The summed E-state index contributed by atoms with van der Waals surface area (Å²) in [6.45, 7) is 0. The lowest BCUT2D eigenvalue weighted by Gasteiger charge is -2.18. The van der Waals surface area contributed by atoms with Crippen LogP contribution in [-0.4, -0.2) is 12.0 Å². The van der Waals surface area contributed by atoms with Gasteiger partial charge in [-0.1, -0.05) is 0 Å². The van der Waals surface area contributed by atoms with Gasteiger partial charge in [-0.25, -0.2) is 0 Å². The molecule has 2 rings (SSSR count). The van der Waals surface area contributed by atoms with Crippen molar-refractivity contribution in [2.45, 2.75) is 18.1 Å². The Morgan fingerprint density at radius 1 is 1.58 bits per heavy atom. The van der Waals surface area contributed by atoms with Crippen LogP contribution in [0.4, 0.5) is 0 Å². The third kappa shape index (κ3) is 1.21. The van der Waals surface area contributed by atoms with E-state index in [1.807, 2.05) is 6.26 Å². The Balaban J connectivity index is 2.41. The van der Waals surface area contributed by atoms with E-state index in [-0.39, 0.29) is 5.25 Å². The fraction of sp³-hybridized carbons (Fsp3) is 0.444. The number of Topliss-reactive ketones (excluding diaryl/α,β-unsaturated/α-hetero) is 1. The molecule has 0 aliphatic heterocycles. The number of carbonyl (C=O) groups is 1. The van der Waals surface area contributed by atoms with E-state index in [0.717, 1.165) is 12.8 Å². The van der Waals surface area contributed by atoms with Crippen molar-refractivity contribution in [2.75, 3.05) is 6.26 Å². The van der Waals surface area contributed by atoms with Crippen molar-refractivity contribution in [3.8, 4) is 0 Å². The maximum absolute atomic E-state index is 11.5. The van der Waals surface area contributed by atoms with Gasteiger partial charge in [-0.3, -0.25) is 4.79 Å². The summed E-state index contributed by atoms with van der Waals surface area (Å²) in [7, 11) is 0. The monoisotopic (exact) mass is 198 g/mol. The maximum Gasteiger partial charge on any atom is 0.150 e. The highest BCUT2D eigenvalue weighted by atomic mass is 32.2. The number of hydrogen-bond donors (Lipinski definition) is 0. The second kappa shape index (κ2) is 3.23. The van der Waals surface area contributed by atoms with Gasteiger partial charge in [0.05, 0.1) is 5.25 Å². The summed E-state index contributed by atoms with van der Waals surface area (Å²) in [6.07, 6.45) is 3.71. The Morgan fingerprint density at radius 2 is 2.42 bits per heavy atom. The van der Waals surface area contributed by atoms with Crippen LogP contribution in [0.15, 0.2) is 11.4 Å². The van der Waals surface area contributed by atoms with Crippen LogP contribution < -0.4 is 0 Å². The first-order valence-corrected chi connectivity index (χ1v) is 6.11. The molecular formula is C9H10OS2. The Labute approximate surface area is 80.2 Å². The van der Waals surface area contributed by atoms with Crippen LogP contribution in [0.2, 0.25) is 0 Å². The molecule has 0 fully saturated rings. The van der Waals surface area contributed by atoms with Crippen LogP contribution in [0.5, 0.6) is 0 Å². The summed E-state index contributed by atoms with van der Waals surface area (Å²) in [5.74, 6) is 0.397. The van der Waals surface area contributed by atoms with Crippen molar-refractivity contribution in [1.82, 2.24) is 0 Å². The predicted octanol–water partition coefficient (Wildman–Crippen LogP) is 2.67. The molecule has 1 aromatic rings. The topological polar surface area (TPSA) is 17.1 Å². The Kier molecular flexibility index (Phi) is 2.24. The molecule has 12 heavy (non-hydrogen) atoms. The molecule has 1 unspecified atom stereocenters. The first-order valence-electron chi connectivity index (χ1n) is 3.94. The first-order chi connectivity index (χ1) is 5.83. The molecule has 0 saturated heterocycles. The highest BCUT2D eigenvalue weighted by Gasteiger charge is 2.27. The average molecular weight is 198 g/mol. The molecule has 1 aromatic heterocycles. The van der Waals surface area contributed by atoms with E-state index in [1.54, 1.807) is 23.1 Å². The van der Waals surface area contributed by atoms with Gasteiger partial charge in [0, 0.05) is 11.3 Å². The molecule has 1 atom stereocenters. The number of thioether (sulfide) groups is 1. The van der Waals surface area contributed by atoms with Gasteiger partial charge in [0.15, 0.2) is 5.78 Å². The average Bonchev–Trinajstić information content (AvgIpc) is 2.52. The lowest BCUT2D eigenvalue weighted by atomic mass is 9.98. The van der Waals surface area contributed by atoms with Crippen LogP contribution in [0.25, 0.3) is 0 Å². The van der Waals surface area contributed by atoms with Gasteiger partial charge in [-0.2, -0.15) is 0 Å². The summed E-state index contributed by atoms with van der Waals surface area (Å²) in [6, 6.07) is 2.10. The lowest BCUT2D eigenvalue weighted by Crippen LogP contribution is -2.15. The second-order valence-corrected chi connectivity index (χ2v) is 4.82. The van der Waals surface area contributed by atoms with Gasteiger partial charge in [-0.05, 0) is 29.7 Å². The van der Waals surface area contributed by atoms with Gasteiger partial charge in [-0.15, -0.1) is 23.1 Å². The number of hydrogen-bond acceptors (Lipinski definition) is 3. The van der Waals surface area contributed by atoms with Crippen LogP contribution in [0.1, 0.15) is 22.1 Å². The predicted molar refractivity (Wildman–Crippen MR) is 53.9 cm³/mol. The molecular weight excluding hydrogens is 188 g/mol. The standard InChI is InChI=1S/C9H10OS2/c1-11-9-6-4-5-12-8(6)3-2-7(9)10/h4-5,9H,2-3H2,1H3. The molecule has 0 N–H and O–H groups in total. The summed E-state index contributed by atoms with van der Waals surface area (Å²) in [4.78, 5) is 12.9. The Hall–Kier alpha value is -0.280. The van der Waals surface area contributed by atoms with E-state index in [0.29, 0.717) is 5.78 Å². The third-order valence-electron chi connectivity index (χ3n) is 2.19. The van der Waals surface area contributed by atoms with Crippen molar-refractivity contribution in [2.24, 2.45) is 0 Å². The quantitative estimate of drug-likeness (QED) is 0.690. The molecule has 3 heteroatoms. The van der Waals surface area contributed by atoms with Crippen LogP contribution in [0, 0.1) is 0 Å². The molecule has 1 aliphatic rings. The second-order valence-electron chi connectivity index (χ2n) is 2.88. The van der Waals surface area contributed by atoms with Crippen molar-refractivity contribution in [1.29, 1.82) is 0 Å². The summed E-state index contributed by atoms with van der Waals surface area (Å²) in [5, 5.41) is 2.21. The molecule has 1 nitrogen and oxygen atoms in total. The number of carbonyl (C=O) groups excluding carboxylic acids is 1. The minimum atomic E-state index is 0.125. The van der Waals surface area contributed by atoms with E-state index in [2.05, 4.69) is 11.4 Å². The highest BCUT2D eigenvalue weighted by Crippen LogP contribution is 2.38. The fourth-order valence-electron chi connectivity index (χ4n) is 1.59. The number of ketones is 1. The van der Waals surface area contributed by atoms with Crippen LogP contribution in [-0.2, 0) is 11.2 Å². The molecule has 0 aromatic carbocycles. The van der Waals surface area contributed by atoms with E-state index in [1.165, 1.54) is 10.4 Å². The van der Waals surface area contributed by atoms with Gasteiger partial charge >= 0.3 is 0 Å². The number of fused-ring (bicyclic) bond motifs is 1. The van der Waals surface area contributed by atoms with Crippen LogP contribution >= 0.6 is 23.1 Å². The van der Waals surface area contributed by atoms with E-state index >= 15 is 0 Å². The largest absolute Gasteiger partial charge is 0.298 e. The SMILES string of the molecule is CSC1C(=O)CCc2sccc21. The minimum Gasteiger partial charge on any atom is -0.298 e. The van der Waals surface area contributed by atoms with Gasteiger partial charge in [0.25, 0.3) is 0 Å². The zero-order valence-electron chi connectivity index (χ0n) is 6.87. The zero-order chi connectivity index (χ0) is 8.55. The molecule has 64 valence electrons. The fourth-order valence-corrected chi connectivity index (χ4v) is 3.44. The Morgan fingerprint density at radius 3 is 3.17 bits per heavy atom. The smallest absolute Gasteiger partial charge is 0.150 e. The third-order valence-corrected chi connectivity index (χ3v) is 4.17. The summed E-state index contributed by atoms with van der Waals surface area (Å²) in [5.41, 5.74) is 1.27. The van der Waals surface area contributed by atoms with Crippen molar-refractivity contribution in [3.05, 3.63) is 21.9 Å². The first kappa shape index (κ1) is 8.32. The van der Waals surface area contributed by atoms with Gasteiger partial charge in [0.1, 0.15) is 0 Å². The normalized spacial score (nSPS) is 22.4. The molecule has 0 amide bonds. The molecule has 0 bridgehead atoms. The van der Waals surface area contributed by atoms with Gasteiger partial charge in [0.2, 0.25) is 0 Å². The number of thiophene rings is 1. The van der Waals surface area contributed by atoms with Gasteiger partial charge < -0.3 is 0 Å². The summed E-state index contributed by atoms with van der Waals surface area (Å²) >= 11 is 3.44. The summed E-state index contributed by atoms with van der Waals surface area (Å²) < 4.78 is 0. The lowest BCUT2D eigenvalue weighted by molar-refractivity contribution is -0.118. The van der Waals surface area contributed by atoms with Crippen molar-refractivity contribution < 1.29 is 4.79 Å². The van der Waals surface area contributed by atoms with E-state index in [9.17, 15) is 4.79 Å². The molecule has 0 spiro atoms. The van der Waals surface area contributed by atoms with Crippen molar-refractivity contribution >= 4 is 28.9 Å². The van der Waals surface area contributed by atoms with Crippen molar-refractivity contribution in [3.63, 3.8) is 0 Å². The molecule has 1 heterocycles. The van der Waals surface area contributed by atoms with E-state index < -0.39 is 0 Å². The molecule has 0 radical (unpaired) electrons. The number of rotatable bonds is 1. The van der Waals surface area contributed by atoms with E-state index in [4.69, 9.17) is 0 Å². The maximum atomic E-state index is 11.5.